The molecule has 0 radical (unpaired) electrons. The Morgan fingerprint density at radius 2 is 1.90 bits per heavy atom. The third kappa shape index (κ3) is 9.91. The summed E-state index contributed by atoms with van der Waals surface area (Å²) < 4.78 is 7.42. The molecular formula is C21H42IN7O. The van der Waals surface area contributed by atoms with Crippen molar-refractivity contribution in [1.82, 2.24) is 30.3 Å². The smallest absolute Gasteiger partial charge is 0.191 e. The van der Waals surface area contributed by atoms with Gasteiger partial charge < -0.3 is 19.9 Å². The molecule has 2 rings (SSSR count). The van der Waals surface area contributed by atoms with Crippen LogP contribution in [0, 0.1) is 12.3 Å². The molecule has 0 bridgehead atoms. The summed E-state index contributed by atoms with van der Waals surface area (Å²) in [4.78, 5) is 7.20. The standard InChI is InChI=1S/C21H41N7O.HI/c1-6-7-8-9-21(3,4)17-24-20(22-10-11-28-12-14-29-15-13-28)23-16-19-26-25-18(2)27(19)5;/h6-17H2,1-5H3,(H2,22,23,24);1H. The van der Waals surface area contributed by atoms with Gasteiger partial charge in [-0.1, -0.05) is 40.0 Å². The Morgan fingerprint density at radius 3 is 2.53 bits per heavy atom. The molecule has 0 amide bonds. The molecule has 0 unspecified atom stereocenters. The summed E-state index contributed by atoms with van der Waals surface area (Å²) in [5.74, 6) is 2.63. The molecule has 1 aromatic heterocycles. The molecule has 0 atom stereocenters. The summed E-state index contributed by atoms with van der Waals surface area (Å²) in [6.45, 7) is 15.8. The van der Waals surface area contributed by atoms with Gasteiger partial charge in [0.2, 0.25) is 0 Å². The first-order valence-corrected chi connectivity index (χ1v) is 11.1. The summed E-state index contributed by atoms with van der Waals surface area (Å²) in [6, 6.07) is 0. The highest BCUT2D eigenvalue weighted by Gasteiger charge is 2.18. The van der Waals surface area contributed by atoms with E-state index in [2.05, 4.69) is 46.5 Å². The van der Waals surface area contributed by atoms with Crippen LogP contribution in [0.3, 0.4) is 0 Å². The Kier molecular flexibility index (Phi) is 12.8. The Bertz CT molecular complexity index is 627. The van der Waals surface area contributed by atoms with Crippen LogP contribution in [0.25, 0.3) is 0 Å². The SMILES string of the molecule is CCCCCC(C)(C)CNC(=NCc1nnc(C)n1C)NCCN1CCOCC1.I. The van der Waals surface area contributed by atoms with E-state index in [1.165, 1.54) is 25.7 Å². The number of aliphatic imine (C=N–C) groups is 1. The van der Waals surface area contributed by atoms with Gasteiger partial charge in [-0.05, 0) is 18.8 Å². The number of aromatic nitrogens is 3. The van der Waals surface area contributed by atoms with Gasteiger partial charge in [0.1, 0.15) is 12.4 Å². The largest absolute Gasteiger partial charge is 0.379 e. The zero-order valence-electron chi connectivity index (χ0n) is 19.5. The minimum atomic E-state index is 0. The fourth-order valence-electron chi connectivity index (χ4n) is 3.33. The summed E-state index contributed by atoms with van der Waals surface area (Å²) in [7, 11) is 1.98. The summed E-state index contributed by atoms with van der Waals surface area (Å²) >= 11 is 0. The van der Waals surface area contributed by atoms with Gasteiger partial charge in [-0.3, -0.25) is 4.90 Å². The topological polar surface area (TPSA) is 79.6 Å². The Balaban J connectivity index is 0.00000450. The molecule has 2 N–H and O–H groups in total. The van der Waals surface area contributed by atoms with Gasteiger partial charge in [0, 0.05) is 39.8 Å². The van der Waals surface area contributed by atoms with E-state index in [0.717, 1.165) is 63.5 Å². The van der Waals surface area contributed by atoms with Crippen molar-refractivity contribution >= 4 is 29.9 Å². The van der Waals surface area contributed by atoms with Crippen LogP contribution in [0.5, 0.6) is 0 Å². The maximum atomic E-state index is 5.43. The third-order valence-corrected chi connectivity index (χ3v) is 5.58. The van der Waals surface area contributed by atoms with Gasteiger partial charge in [0.25, 0.3) is 0 Å². The number of guanidine groups is 1. The number of hydrogen-bond donors (Lipinski definition) is 2. The normalized spacial score (nSPS) is 15.7. The lowest BCUT2D eigenvalue weighted by molar-refractivity contribution is 0.0389. The van der Waals surface area contributed by atoms with Gasteiger partial charge in [0.15, 0.2) is 11.8 Å². The third-order valence-electron chi connectivity index (χ3n) is 5.58. The number of morpholine rings is 1. The average molecular weight is 536 g/mol. The Morgan fingerprint density at radius 1 is 1.17 bits per heavy atom. The Labute approximate surface area is 199 Å². The van der Waals surface area contributed by atoms with Crippen LogP contribution in [0.1, 0.15) is 58.1 Å². The predicted molar refractivity (Wildman–Crippen MR) is 133 cm³/mol. The van der Waals surface area contributed by atoms with E-state index in [9.17, 15) is 0 Å². The van der Waals surface area contributed by atoms with Crippen molar-refractivity contribution in [3.8, 4) is 0 Å². The molecule has 174 valence electrons. The fraction of sp³-hybridized carbons (Fsp3) is 0.857. The van der Waals surface area contributed by atoms with E-state index >= 15 is 0 Å². The highest BCUT2D eigenvalue weighted by atomic mass is 127. The van der Waals surface area contributed by atoms with Crippen molar-refractivity contribution in [2.24, 2.45) is 17.5 Å². The zero-order chi connectivity index (χ0) is 21.1. The minimum Gasteiger partial charge on any atom is -0.379 e. The summed E-state index contributed by atoms with van der Waals surface area (Å²) in [6.07, 6.45) is 5.06. The van der Waals surface area contributed by atoms with Gasteiger partial charge >= 0.3 is 0 Å². The minimum absolute atomic E-state index is 0. The van der Waals surface area contributed by atoms with Crippen LogP contribution in [0.4, 0.5) is 0 Å². The Hall–Kier alpha value is -0.940. The van der Waals surface area contributed by atoms with Crippen LogP contribution in [0.15, 0.2) is 4.99 Å². The molecule has 9 heteroatoms. The highest BCUT2D eigenvalue weighted by Crippen LogP contribution is 2.22. The van der Waals surface area contributed by atoms with Crippen molar-refractivity contribution in [3.63, 3.8) is 0 Å². The number of nitrogens with one attached hydrogen (secondary N) is 2. The second-order valence-electron chi connectivity index (χ2n) is 8.74. The predicted octanol–water partition coefficient (Wildman–Crippen LogP) is 2.72. The molecule has 1 aliphatic heterocycles. The summed E-state index contributed by atoms with van der Waals surface area (Å²) in [5.41, 5.74) is 0.239. The maximum absolute atomic E-state index is 5.43. The zero-order valence-corrected chi connectivity index (χ0v) is 21.9. The van der Waals surface area contributed by atoms with Crippen molar-refractivity contribution in [2.75, 3.05) is 45.9 Å². The van der Waals surface area contributed by atoms with Crippen LogP contribution in [0.2, 0.25) is 0 Å². The number of rotatable bonds is 11. The maximum Gasteiger partial charge on any atom is 0.191 e. The molecule has 0 saturated carbocycles. The number of nitrogens with zero attached hydrogens (tertiary/aromatic N) is 5. The number of unbranched alkanes of at least 4 members (excludes halogenated alkanes) is 2. The second kappa shape index (κ2) is 14.2. The highest BCUT2D eigenvalue weighted by molar-refractivity contribution is 14.0. The van der Waals surface area contributed by atoms with Gasteiger partial charge in [0.05, 0.1) is 13.2 Å². The quantitative estimate of drug-likeness (QED) is 0.196. The van der Waals surface area contributed by atoms with Crippen molar-refractivity contribution in [3.05, 3.63) is 11.6 Å². The number of hydrogen-bond acceptors (Lipinski definition) is 5. The molecule has 1 aromatic rings. The molecular weight excluding hydrogens is 493 g/mol. The first kappa shape index (κ1) is 27.1. The van der Waals surface area contributed by atoms with Crippen LogP contribution >= 0.6 is 24.0 Å². The van der Waals surface area contributed by atoms with E-state index in [0.29, 0.717) is 6.54 Å². The molecule has 1 aliphatic rings. The van der Waals surface area contributed by atoms with Gasteiger partial charge in [-0.15, -0.1) is 34.2 Å². The lowest BCUT2D eigenvalue weighted by Gasteiger charge is -2.28. The molecule has 1 saturated heterocycles. The first-order valence-electron chi connectivity index (χ1n) is 11.1. The average Bonchev–Trinajstić information content (AvgIpc) is 3.02. The molecule has 30 heavy (non-hydrogen) atoms. The fourth-order valence-corrected chi connectivity index (χ4v) is 3.33. The molecule has 1 fully saturated rings. The van der Waals surface area contributed by atoms with Crippen molar-refractivity contribution in [1.29, 1.82) is 0 Å². The second-order valence-corrected chi connectivity index (χ2v) is 8.74. The molecule has 0 aromatic carbocycles. The number of halogens is 1. The summed E-state index contributed by atoms with van der Waals surface area (Å²) in [5, 5.41) is 15.4. The van der Waals surface area contributed by atoms with Gasteiger partial charge in [-0.2, -0.15) is 0 Å². The van der Waals surface area contributed by atoms with E-state index in [4.69, 9.17) is 9.73 Å². The lowest BCUT2D eigenvalue weighted by atomic mass is 9.87. The van der Waals surface area contributed by atoms with Crippen LogP contribution in [-0.4, -0.2) is 71.6 Å². The molecule has 2 heterocycles. The molecule has 8 nitrogen and oxygen atoms in total. The molecule has 0 aliphatic carbocycles. The van der Waals surface area contributed by atoms with Gasteiger partial charge in [-0.25, -0.2) is 4.99 Å². The van der Waals surface area contributed by atoms with E-state index in [-0.39, 0.29) is 29.4 Å². The van der Waals surface area contributed by atoms with E-state index in [1.54, 1.807) is 0 Å². The van der Waals surface area contributed by atoms with E-state index in [1.807, 2.05) is 18.5 Å². The first-order chi connectivity index (χ1) is 13.9. The van der Waals surface area contributed by atoms with Crippen LogP contribution < -0.4 is 10.6 Å². The number of ether oxygens (including phenoxy) is 1. The van der Waals surface area contributed by atoms with E-state index < -0.39 is 0 Å². The lowest BCUT2D eigenvalue weighted by Crippen LogP contribution is -2.46. The monoisotopic (exact) mass is 535 g/mol. The number of aryl methyl sites for hydroxylation is 1. The van der Waals surface area contributed by atoms with Crippen LogP contribution in [-0.2, 0) is 18.3 Å². The van der Waals surface area contributed by atoms with Crippen molar-refractivity contribution < 1.29 is 4.74 Å². The molecule has 0 spiro atoms. The van der Waals surface area contributed by atoms with Crippen molar-refractivity contribution in [2.45, 2.75) is 59.9 Å².